The molecule has 0 spiro atoms. The number of benzene rings is 1. The van der Waals surface area contributed by atoms with Gasteiger partial charge in [0, 0.05) is 31.0 Å². The number of carbonyl (C=O) groups excluding carboxylic acids is 2. The number of carbonyl (C=O) groups is 2. The second-order valence-electron chi connectivity index (χ2n) is 6.23. The average molecular weight is 313 g/mol. The summed E-state index contributed by atoms with van der Waals surface area (Å²) in [6.45, 7) is 0. The highest BCUT2D eigenvalue weighted by molar-refractivity contribution is 5.99. The second-order valence-corrected chi connectivity index (χ2v) is 6.23. The molecule has 1 aliphatic carbocycles. The van der Waals surface area contributed by atoms with Crippen LogP contribution in [0, 0.1) is 5.92 Å². The molecular weight excluding hydrogens is 290 g/mol. The molecule has 5 nitrogen and oxygen atoms in total. The van der Waals surface area contributed by atoms with E-state index >= 15 is 0 Å². The molecule has 1 fully saturated rings. The van der Waals surface area contributed by atoms with Gasteiger partial charge in [-0.25, -0.2) is 0 Å². The topological polar surface area (TPSA) is 63.1 Å². The van der Waals surface area contributed by atoms with Crippen LogP contribution >= 0.6 is 0 Å². The van der Waals surface area contributed by atoms with Crippen LogP contribution in [-0.2, 0) is 11.8 Å². The lowest BCUT2D eigenvalue weighted by molar-refractivity contribution is -0.126. The van der Waals surface area contributed by atoms with Crippen molar-refractivity contribution in [3.8, 4) is 0 Å². The normalized spacial score (nSPS) is 21.1. The van der Waals surface area contributed by atoms with E-state index in [1.807, 2.05) is 41.9 Å². The minimum atomic E-state index is -0.132. The van der Waals surface area contributed by atoms with E-state index in [1.54, 1.807) is 7.05 Å². The molecular formula is C18H23N3O2. The first-order valence-electron chi connectivity index (χ1n) is 8.18. The number of nitrogens with one attached hydrogen (secondary N) is 2. The van der Waals surface area contributed by atoms with E-state index < -0.39 is 0 Å². The maximum atomic E-state index is 12.7. The first kappa shape index (κ1) is 15.6. The van der Waals surface area contributed by atoms with Crippen molar-refractivity contribution in [1.82, 2.24) is 15.2 Å². The van der Waals surface area contributed by atoms with Crippen molar-refractivity contribution in [1.29, 1.82) is 0 Å². The van der Waals surface area contributed by atoms with Gasteiger partial charge in [-0.1, -0.05) is 31.0 Å². The van der Waals surface area contributed by atoms with E-state index in [0.717, 1.165) is 36.6 Å². The van der Waals surface area contributed by atoms with Gasteiger partial charge in [0.05, 0.1) is 5.92 Å². The smallest absolute Gasteiger partial charge is 0.268 e. The fourth-order valence-corrected chi connectivity index (χ4v) is 3.55. The zero-order chi connectivity index (χ0) is 16.4. The highest BCUT2D eigenvalue weighted by atomic mass is 16.2. The molecule has 3 rings (SSSR count). The fourth-order valence-electron chi connectivity index (χ4n) is 3.55. The number of hydrogen-bond acceptors (Lipinski definition) is 2. The molecule has 23 heavy (non-hydrogen) atoms. The number of hydrogen-bond donors (Lipinski definition) is 2. The van der Waals surface area contributed by atoms with Crippen LogP contribution in [0.25, 0.3) is 10.9 Å². The number of nitrogens with zero attached hydrogens (tertiary/aromatic N) is 1. The third kappa shape index (κ3) is 2.96. The Labute approximate surface area is 136 Å². The third-order valence-electron chi connectivity index (χ3n) is 4.85. The van der Waals surface area contributed by atoms with Crippen LogP contribution in [0.15, 0.2) is 30.3 Å². The van der Waals surface area contributed by atoms with Crippen LogP contribution < -0.4 is 10.6 Å². The third-order valence-corrected chi connectivity index (χ3v) is 4.85. The van der Waals surface area contributed by atoms with Crippen LogP contribution in [0.4, 0.5) is 0 Å². The maximum Gasteiger partial charge on any atom is 0.268 e. The Morgan fingerprint density at radius 3 is 2.65 bits per heavy atom. The first-order valence-corrected chi connectivity index (χ1v) is 8.18. The zero-order valence-corrected chi connectivity index (χ0v) is 13.6. The summed E-state index contributed by atoms with van der Waals surface area (Å²) in [5.74, 6) is -0.219. The Morgan fingerprint density at radius 2 is 1.91 bits per heavy atom. The molecule has 1 aliphatic rings. The molecule has 5 heteroatoms. The molecule has 2 atom stereocenters. The SMILES string of the molecule is CNC(=O)[C@@H]1CCCC[C@@H]1NC(=O)c1cc2ccccc2n1C. The van der Waals surface area contributed by atoms with Gasteiger partial charge in [0.15, 0.2) is 0 Å². The number of fused-ring (bicyclic) bond motifs is 1. The molecule has 1 aromatic carbocycles. The molecule has 0 radical (unpaired) electrons. The molecule has 0 unspecified atom stereocenters. The second kappa shape index (κ2) is 6.44. The van der Waals surface area contributed by atoms with E-state index in [2.05, 4.69) is 10.6 Å². The lowest BCUT2D eigenvalue weighted by atomic mass is 9.83. The van der Waals surface area contributed by atoms with Crippen molar-refractivity contribution < 1.29 is 9.59 Å². The van der Waals surface area contributed by atoms with Gasteiger partial charge < -0.3 is 15.2 Å². The van der Waals surface area contributed by atoms with Gasteiger partial charge in [-0.2, -0.15) is 0 Å². The van der Waals surface area contributed by atoms with Crippen molar-refractivity contribution in [2.75, 3.05) is 7.05 Å². The van der Waals surface area contributed by atoms with Crippen LogP contribution in [0.1, 0.15) is 36.2 Å². The monoisotopic (exact) mass is 313 g/mol. The largest absolute Gasteiger partial charge is 0.359 e. The zero-order valence-electron chi connectivity index (χ0n) is 13.6. The molecule has 122 valence electrons. The van der Waals surface area contributed by atoms with Crippen LogP contribution in [0.2, 0.25) is 0 Å². The van der Waals surface area contributed by atoms with E-state index in [-0.39, 0.29) is 23.8 Å². The summed E-state index contributed by atoms with van der Waals surface area (Å²) >= 11 is 0. The van der Waals surface area contributed by atoms with Gasteiger partial charge in [-0.05, 0) is 25.0 Å². The van der Waals surface area contributed by atoms with Crippen molar-refractivity contribution in [2.45, 2.75) is 31.7 Å². The Kier molecular flexibility index (Phi) is 4.37. The minimum absolute atomic E-state index is 0.0204. The van der Waals surface area contributed by atoms with Crippen LogP contribution in [-0.4, -0.2) is 29.5 Å². The number of aryl methyl sites for hydroxylation is 1. The predicted molar refractivity (Wildman–Crippen MR) is 90.2 cm³/mol. The Bertz CT molecular complexity index is 735. The summed E-state index contributed by atoms with van der Waals surface area (Å²) in [6.07, 6.45) is 3.78. The van der Waals surface area contributed by atoms with Gasteiger partial charge in [-0.3, -0.25) is 9.59 Å². The minimum Gasteiger partial charge on any atom is -0.359 e. The summed E-state index contributed by atoms with van der Waals surface area (Å²) in [5.41, 5.74) is 1.66. The summed E-state index contributed by atoms with van der Waals surface area (Å²) in [5, 5.41) is 6.84. The highest BCUT2D eigenvalue weighted by Crippen LogP contribution is 2.25. The summed E-state index contributed by atoms with van der Waals surface area (Å²) in [7, 11) is 3.55. The van der Waals surface area contributed by atoms with Gasteiger partial charge in [-0.15, -0.1) is 0 Å². The lowest BCUT2D eigenvalue weighted by Crippen LogP contribution is -2.48. The van der Waals surface area contributed by atoms with Crippen molar-refractivity contribution >= 4 is 22.7 Å². The van der Waals surface area contributed by atoms with Gasteiger partial charge in [0.1, 0.15) is 5.69 Å². The number of rotatable bonds is 3. The van der Waals surface area contributed by atoms with E-state index in [1.165, 1.54) is 0 Å². The van der Waals surface area contributed by atoms with Crippen LogP contribution in [0.3, 0.4) is 0 Å². The van der Waals surface area contributed by atoms with Crippen molar-refractivity contribution in [3.05, 3.63) is 36.0 Å². The quantitative estimate of drug-likeness (QED) is 0.912. The summed E-state index contributed by atoms with van der Waals surface area (Å²) in [4.78, 5) is 24.7. The van der Waals surface area contributed by atoms with Crippen molar-refractivity contribution in [3.63, 3.8) is 0 Å². The fraction of sp³-hybridized carbons (Fsp3) is 0.444. The molecule has 1 aromatic heterocycles. The van der Waals surface area contributed by atoms with E-state index in [4.69, 9.17) is 0 Å². The first-order chi connectivity index (χ1) is 11.1. The number of para-hydroxylation sites is 1. The van der Waals surface area contributed by atoms with E-state index in [0.29, 0.717) is 5.69 Å². The van der Waals surface area contributed by atoms with Gasteiger partial charge in [0.25, 0.3) is 5.91 Å². The summed E-state index contributed by atoms with van der Waals surface area (Å²) < 4.78 is 1.91. The predicted octanol–water partition coefficient (Wildman–Crippen LogP) is 2.21. The molecule has 0 saturated heterocycles. The summed E-state index contributed by atoms with van der Waals surface area (Å²) in [6, 6.07) is 9.75. The highest BCUT2D eigenvalue weighted by Gasteiger charge is 2.32. The van der Waals surface area contributed by atoms with E-state index in [9.17, 15) is 9.59 Å². The molecule has 1 saturated carbocycles. The van der Waals surface area contributed by atoms with Gasteiger partial charge >= 0.3 is 0 Å². The Hall–Kier alpha value is -2.30. The van der Waals surface area contributed by atoms with Crippen molar-refractivity contribution in [2.24, 2.45) is 13.0 Å². The number of amides is 2. The standard InChI is InChI=1S/C18H23N3O2/c1-19-17(22)13-8-4-5-9-14(13)20-18(23)16-11-12-7-3-6-10-15(12)21(16)2/h3,6-7,10-11,13-14H,4-5,8-9H2,1-2H3,(H,19,22)(H,20,23)/t13-,14+/m1/s1. The number of aromatic nitrogens is 1. The maximum absolute atomic E-state index is 12.7. The Balaban J connectivity index is 1.82. The molecule has 0 aliphatic heterocycles. The average Bonchev–Trinajstić information content (AvgIpc) is 2.92. The Morgan fingerprint density at radius 1 is 1.17 bits per heavy atom. The molecule has 0 bridgehead atoms. The molecule has 2 amide bonds. The van der Waals surface area contributed by atoms with Gasteiger partial charge in [0.2, 0.25) is 5.91 Å². The van der Waals surface area contributed by atoms with Crippen LogP contribution in [0.5, 0.6) is 0 Å². The molecule has 2 N–H and O–H groups in total. The lowest BCUT2D eigenvalue weighted by Gasteiger charge is -2.30. The molecule has 2 aromatic rings. The molecule has 1 heterocycles.